The van der Waals surface area contributed by atoms with Crippen LogP contribution in [0.25, 0.3) is 10.8 Å². The summed E-state index contributed by atoms with van der Waals surface area (Å²) in [7, 11) is 0. The number of carbonyl (C=O) groups excluding carboxylic acids is 1. The fourth-order valence-electron chi connectivity index (χ4n) is 2.90. The van der Waals surface area contributed by atoms with Crippen LogP contribution in [0.4, 0.5) is 5.69 Å². The van der Waals surface area contributed by atoms with Crippen LogP contribution in [-0.2, 0) is 4.79 Å². The van der Waals surface area contributed by atoms with E-state index in [1.807, 2.05) is 68.4 Å². The molecule has 3 aromatic rings. The van der Waals surface area contributed by atoms with E-state index in [0.29, 0.717) is 13.0 Å². The summed E-state index contributed by atoms with van der Waals surface area (Å²) in [6, 6.07) is 21.4. The molecule has 3 aromatic carbocycles. The minimum absolute atomic E-state index is 0.173. The zero-order chi connectivity index (χ0) is 19.8. The zero-order valence-corrected chi connectivity index (χ0v) is 16.2. The molecule has 0 bridgehead atoms. The molecule has 0 aromatic heterocycles. The molecule has 0 radical (unpaired) electrons. The largest absolute Gasteiger partial charge is 0.494 e. The summed E-state index contributed by atoms with van der Waals surface area (Å²) >= 11 is 0. The van der Waals surface area contributed by atoms with Gasteiger partial charge in [-0.1, -0.05) is 43.3 Å². The fraction of sp³-hybridized carbons (Fsp3) is 0.217. The van der Waals surface area contributed by atoms with Crippen LogP contribution >= 0.6 is 0 Å². The van der Waals surface area contributed by atoms with Gasteiger partial charge in [-0.25, -0.2) is 5.43 Å². The maximum Gasteiger partial charge on any atom is 0.262 e. The molecule has 2 N–H and O–H groups in total. The highest BCUT2D eigenvalue weighted by atomic mass is 16.5. The summed E-state index contributed by atoms with van der Waals surface area (Å²) in [5.74, 6) is 0.638. The lowest BCUT2D eigenvalue weighted by Gasteiger charge is -2.16. The maximum absolute atomic E-state index is 12.4. The number of anilines is 1. The smallest absolute Gasteiger partial charge is 0.262 e. The Morgan fingerprint density at radius 2 is 1.79 bits per heavy atom. The van der Waals surface area contributed by atoms with E-state index in [0.717, 1.165) is 22.4 Å². The third-order valence-electron chi connectivity index (χ3n) is 4.39. The molecule has 0 saturated carbocycles. The van der Waals surface area contributed by atoms with Gasteiger partial charge in [-0.05, 0) is 60.0 Å². The van der Waals surface area contributed by atoms with Gasteiger partial charge in [0.15, 0.2) is 0 Å². The lowest BCUT2D eigenvalue weighted by Crippen LogP contribution is -2.36. The highest BCUT2D eigenvalue weighted by Crippen LogP contribution is 2.17. The predicted molar refractivity (Wildman–Crippen MR) is 115 cm³/mol. The van der Waals surface area contributed by atoms with Gasteiger partial charge in [-0.15, -0.1) is 0 Å². The van der Waals surface area contributed by atoms with E-state index in [1.165, 1.54) is 5.39 Å². The Bertz CT molecular complexity index is 951. The van der Waals surface area contributed by atoms with Crippen molar-refractivity contribution in [1.82, 2.24) is 5.43 Å². The Hall–Kier alpha value is -3.34. The molecular formula is C23H25N3O2. The summed E-state index contributed by atoms with van der Waals surface area (Å²) in [6.45, 7) is 4.53. The Morgan fingerprint density at radius 3 is 2.50 bits per heavy atom. The number of nitrogens with zero attached hydrogens (tertiary/aromatic N) is 1. The number of rotatable bonds is 8. The summed E-state index contributed by atoms with van der Waals surface area (Å²) in [6.07, 6.45) is 2.30. The van der Waals surface area contributed by atoms with E-state index in [9.17, 15) is 4.79 Å². The first-order valence-corrected chi connectivity index (χ1v) is 9.50. The molecule has 0 heterocycles. The van der Waals surface area contributed by atoms with Crippen LogP contribution in [0.2, 0.25) is 0 Å². The molecule has 1 unspecified atom stereocenters. The van der Waals surface area contributed by atoms with Gasteiger partial charge < -0.3 is 10.1 Å². The Labute approximate surface area is 165 Å². The normalized spacial score (nSPS) is 12.1. The molecule has 0 aliphatic rings. The van der Waals surface area contributed by atoms with Crippen molar-refractivity contribution in [3.8, 4) is 5.75 Å². The quantitative estimate of drug-likeness (QED) is 0.447. The Morgan fingerprint density at radius 1 is 1.04 bits per heavy atom. The molecule has 0 saturated heterocycles. The second-order valence-corrected chi connectivity index (χ2v) is 6.40. The van der Waals surface area contributed by atoms with Gasteiger partial charge in [0, 0.05) is 5.69 Å². The highest BCUT2D eigenvalue weighted by molar-refractivity contribution is 5.91. The predicted octanol–water partition coefficient (Wildman–Crippen LogP) is 4.58. The number of hydrogen-bond donors (Lipinski definition) is 2. The standard InChI is InChI=1S/C23H25N3O2/c1-3-22(25-20-11-13-21(14-12-20)28-4-2)23(27)26-24-16-17-9-10-18-7-5-6-8-19(18)15-17/h5-16,22,25H,3-4H2,1-2H3,(H,26,27)/b24-16-. The molecule has 0 fully saturated rings. The first kappa shape index (κ1) is 19.4. The van der Waals surface area contributed by atoms with E-state index in [-0.39, 0.29) is 11.9 Å². The van der Waals surface area contributed by atoms with Gasteiger partial charge >= 0.3 is 0 Å². The van der Waals surface area contributed by atoms with Crippen molar-refractivity contribution < 1.29 is 9.53 Å². The van der Waals surface area contributed by atoms with Gasteiger partial charge in [0.05, 0.1) is 12.8 Å². The molecule has 0 spiro atoms. The monoisotopic (exact) mass is 375 g/mol. The summed E-state index contributed by atoms with van der Waals surface area (Å²) in [5.41, 5.74) is 4.43. The first-order chi connectivity index (χ1) is 13.7. The number of nitrogens with one attached hydrogen (secondary N) is 2. The SMILES string of the molecule is CCOc1ccc(NC(CC)C(=O)N/N=C\c2ccc3ccccc3c2)cc1. The van der Waals surface area contributed by atoms with Crippen molar-refractivity contribution in [2.75, 3.05) is 11.9 Å². The van der Waals surface area contributed by atoms with Crippen molar-refractivity contribution in [3.63, 3.8) is 0 Å². The lowest BCUT2D eigenvalue weighted by molar-refractivity contribution is -0.121. The fourth-order valence-corrected chi connectivity index (χ4v) is 2.90. The van der Waals surface area contributed by atoms with Crippen molar-refractivity contribution in [3.05, 3.63) is 72.3 Å². The van der Waals surface area contributed by atoms with Crippen LogP contribution in [0.5, 0.6) is 5.75 Å². The number of carbonyl (C=O) groups is 1. The van der Waals surface area contributed by atoms with E-state index in [2.05, 4.69) is 28.0 Å². The van der Waals surface area contributed by atoms with Gasteiger partial charge in [0.2, 0.25) is 0 Å². The number of amides is 1. The van der Waals surface area contributed by atoms with Crippen molar-refractivity contribution in [2.45, 2.75) is 26.3 Å². The van der Waals surface area contributed by atoms with Gasteiger partial charge in [0.1, 0.15) is 11.8 Å². The van der Waals surface area contributed by atoms with Crippen LogP contribution in [-0.4, -0.2) is 24.8 Å². The number of ether oxygens (including phenoxy) is 1. The molecule has 5 heteroatoms. The number of fused-ring (bicyclic) bond motifs is 1. The van der Waals surface area contributed by atoms with E-state index < -0.39 is 0 Å². The number of hydrazone groups is 1. The second kappa shape index (κ2) is 9.55. The molecule has 0 aliphatic heterocycles. The lowest BCUT2D eigenvalue weighted by atomic mass is 10.1. The van der Waals surface area contributed by atoms with E-state index in [1.54, 1.807) is 6.21 Å². The van der Waals surface area contributed by atoms with Gasteiger partial charge in [-0.3, -0.25) is 4.79 Å². The maximum atomic E-state index is 12.4. The third kappa shape index (κ3) is 5.10. The van der Waals surface area contributed by atoms with Crippen LogP contribution in [0.15, 0.2) is 71.8 Å². The number of hydrogen-bond acceptors (Lipinski definition) is 4. The van der Waals surface area contributed by atoms with Crippen molar-refractivity contribution in [2.24, 2.45) is 5.10 Å². The van der Waals surface area contributed by atoms with Crippen molar-refractivity contribution >= 4 is 28.6 Å². The van der Waals surface area contributed by atoms with E-state index >= 15 is 0 Å². The topological polar surface area (TPSA) is 62.7 Å². The second-order valence-electron chi connectivity index (χ2n) is 6.40. The van der Waals surface area contributed by atoms with Gasteiger partial charge in [0.25, 0.3) is 5.91 Å². The molecule has 0 aliphatic carbocycles. The highest BCUT2D eigenvalue weighted by Gasteiger charge is 2.15. The average molecular weight is 375 g/mol. The first-order valence-electron chi connectivity index (χ1n) is 9.50. The molecule has 144 valence electrons. The number of benzene rings is 3. The van der Waals surface area contributed by atoms with Crippen LogP contribution in [0.3, 0.4) is 0 Å². The van der Waals surface area contributed by atoms with Crippen LogP contribution in [0, 0.1) is 0 Å². The van der Waals surface area contributed by atoms with Crippen LogP contribution < -0.4 is 15.5 Å². The molecule has 1 amide bonds. The molecular weight excluding hydrogens is 350 g/mol. The molecule has 1 atom stereocenters. The summed E-state index contributed by atoms with van der Waals surface area (Å²) < 4.78 is 5.44. The molecule has 5 nitrogen and oxygen atoms in total. The van der Waals surface area contributed by atoms with Gasteiger partial charge in [-0.2, -0.15) is 5.10 Å². The minimum Gasteiger partial charge on any atom is -0.494 e. The summed E-state index contributed by atoms with van der Waals surface area (Å²) in [5, 5.41) is 9.66. The summed E-state index contributed by atoms with van der Waals surface area (Å²) in [4.78, 5) is 12.4. The third-order valence-corrected chi connectivity index (χ3v) is 4.39. The van der Waals surface area contributed by atoms with Crippen molar-refractivity contribution in [1.29, 1.82) is 0 Å². The molecule has 3 rings (SSSR count). The minimum atomic E-state index is -0.369. The average Bonchev–Trinajstić information content (AvgIpc) is 2.73. The molecule has 28 heavy (non-hydrogen) atoms. The van der Waals surface area contributed by atoms with E-state index in [4.69, 9.17) is 4.74 Å². The Kier molecular flexibility index (Phi) is 6.63. The zero-order valence-electron chi connectivity index (χ0n) is 16.2. The Balaban J connectivity index is 1.58. The van der Waals surface area contributed by atoms with Crippen LogP contribution in [0.1, 0.15) is 25.8 Å².